The van der Waals surface area contributed by atoms with Crippen molar-refractivity contribution in [2.45, 2.75) is 19.8 Å². The first-order valence-corrected chi connectivity index (χ1v) is 12.7. The van der Waals surface area contributed by atoms with Crippen LogP contribution in [0.4, 0.5) is 0 Å². The lowest BCUT2D eigenvalue weighted by Crippen LogP contribution is -2.34. The fourth-order valence-electron chi connectivity index (χ4n) is 3.15. The summed E-state index contributed by atoms with van der Waals surface area (Å²) in [5.41, 5.74) is 3.51. The van der Waals surface area contributed by atoms with Gasteiger partial charge < -0.3 is 19.5 Å². The second-order valence-electron chi connectivity index (χ2n) is 8.13. The van der Waals surface area contributed by atoms with Crippen LogP contribution in [0.15, 0.2) is 65.8 Å². The van der Waals surface area contributed by atoms with Crippen LogP contribution in [0.1, 0.15) is 46.0 Å². The number of methoxy groups -OCH3 is 1. The fourth-order valence-corrected chi connectivity index (χ4v) is 3.45. The summed E-state index contributed by atoms with van der Waals surface area (Å²) in [6, 6.07) is 15.9. The van der Waals surface area contributed by atoms with Gasteiger partial charge in [0, 0.05) is 5.56 Å². The predicted octanol–water partition coefficient (Wildman–Crippen LogP) is 5.28. The van der Waals surface area contributed by atoms with Gasteiger partial charge in [-0.1, -0.05) is 36.5 Å². The molecule has 204 valence electrons. The Morgan fingerprint density at radius 2 is 1.67 bits per heavy atom. The van der Waals surface area contributed by atoms with Crippen LogP contribution in [0.5, 0.6) is 17.2 Å². The first-order chi connectivity index (χ1) is 18.8. The molecule has 0 atom stereocenters. The number of ether oxygens (including phenoxy) is 3. The number of benzene rings is 3. The van der Waals surface area contributed by atoms with Crippen LogP contribution < -0.4 is 25.0 Å². The number of nitrogens with one attached hydrogen (secondary N) is 2. The molecule has 0 bridgehead atoms. The molecule has 0 heterocycles. The largest absolute Gasteiger partial charge is 0.494 e. The van der Waals surface area contributed by atoms with Gasteiger partial charge in [-0.05, 0) is 72.6 Å². The van der Waals surface area contributed by atoms with Crippen molar-refractivity contribution in [3.63, 3.8) is 0 Å². The molecule has 2 N–H and O–H groups in total. The zero-order chi connectivity index (χ0) is 28.2. The van der Waals surface area contributed by atoms with E-state index < -0.39 is 17.8 Å². The van der Waals surface area contributed by atoms with Crippen LogP contribution in [0.25, 0.3) is 0 Å². The van der Waals surface area contributed by atoms with Gasteiger partial charge in [0.15, 0.2) is 11.5 Å². The van der Waals surface area contributed by atoms with Gasteiger partial charge in [0.1, 0.15) is 5.75 Å². The molecule has 11 heteroatoms. The fraction of sp³-hybridized carbons (Fsp3) is 0.214. The maximum atomic E-state index is 12.6. The molecule has 0 saturated carbocycles. The molecule has 0 aliphatic carbocycles. The van der Waals surface area contributed by atoms with Gasteiger partial charge in [-0.25, -0.2) is 10.2 Å². The van der Waals surface area contributed by atoms with Gasteiger partial charge in [0.2, 0.25) is 0 Å². The Balaban J connectivity index is 1.51. The maximum absolute atomic E-state index is 12.6. The number of amides is 2. The molecule has 0 saturated heterocycles. The topological polar surface area (TPSA) is 115 Å². The molecule has 3 aromatic carbocycles. The van der Waals surface area contributed by atoms with Crippen LogP contribution in [0.3, 0.4) is 0 Å². The highest BCUT2D eigenvalue weighted by atomic mass is 35.5. The number of rotatable bonds is 12. The predicted molar refractivity (Wildman–Crippen MR) is 149 cm³/mol. The summed E-state index contributed by atoms with van der Waals surface area (Å²) < 4.78 is 16.4. The Bertz CT molecular complexity index is 1350. The Hall–Kier alpha value is -4.08. The van der Waals surface area contributed by atoms with E-state index in [1.807, 2.05) is 0 Å². The van der Waals surface area contributed by atoms with Crippen LogP contribution in [0, 0.1) is 0 Å². The lowest BCUT2D eigenvalue weighted by Gasteiger charge is -2.10. The Labute approximate surface area is 236 Å². The van der Waals surface area contributed by atoms with Crippen LogP contribution in [0.2, 0.25) is 10.0 Å². The van der Waals surface area contributed by atoms with E-state index in [0.29, 0.717) is 34.3 Å². The molecule has 0 spiro atoms. The molecule has 0 radical (unpaired) electrons. The molecule has 0 aliphatic heterocycles. The second kappa shape index (κ2) is 14.8. The van der Waals surface area contributed by atoms with E-state index in [0.717, 1.165) is 12.8 Å². The number of halogens is 2. The minimum atomic E-state index is -0.551. The molecular formula is C28H27Cl2N3O6. The molecule has 9 nitrogen and oxygen atoms in total. The highest BCUT2D eigenvalue weighted by Gasteiger charge is 2.14. The average molecular weight is 572 g/mol. The summed E-state index contributed by atoms with van der Waals surface area (Å²) in [5.74, 6) is -0.381. The van der Waals surface area contributed by atoms with Crippen molar-refractivity contribution in [2.75, 3.05) is 20.3 Å². The summed E-state index contributed by atoms with van der Waals surface area (Å²) in [6.45, 7) is 2.40. The molecule has 3 aromatic rings. The summed E-state index contributed by atoms with van der Waals surface area (Å²) >= 11 is 11.7. The monoisotopic (exact) mass is 571 g/mol. The van der Waals surface area contributed by atoms with Crippen LogP contribution in [-0.4, -0.2) is 44.3 Å². The molecule has 3 rings (SSSR count). The van der Waals surface area contributed by atoms with E-state index in [1.54, 1.807) is 42.5 Å². The SMILES string of the molecule is CCCCOc1ccc(C(=O)Oc2ccc(/C=N\NC(=O)CNC(=O)c3ccc(Cl)c(Cl)c3)cc2OC)cc1. The average Bonchev–Trinajstić information content (AvgIpc) is 2.94. The minimum absolute atomic E-state index is 0.219. The molecule has 39 heavy (non-hydrogen) atoms. The standard InChI is InChI=1S/C28H27Cl2N3O6/c1-3-4-13-38-21-9-6-19(7-10-21)28(36)39-24-12-5-18(14-25(24)37-2)16-32-33-26(34)17-31-27(35)20-8-11-22(29)23(30)15-20/h5-12,14-16H,3-4,13,17H2,1-2H3,(H,31,35)(H,33,34)/b32-16-. The van der Waals surface area contributed by atoms with Crippen molar-refractivity contribution in [2.24, 2.45) is 5.10 Å². The van der Waals surface area contributed by atoms with Gasteiger partial charge in [0.25, 0.3) is 11.8 Å². The van der Waals surface area contributed by atoms with Crippen molar-refractivity contribution in [1.82, 2.24) is 10.7 Å². The zero-order valence-corrected chi connectivity index (χ0v) is 22.8. The molecule has 0 aromatic heterocycles. The quantitative estimate of drug-likeness (QED) is 0.100. The number of nitrogens with zero attached hydrogens (tertiary/aromatic N) is 1. The Morgan fingerprint density at radius 3 is 2.36 bits per heavy atom. The second-order valence-corrected chi connectivity index (χ2v) is 8.95. The Kier molecular flexibility index (Phi) is 11.1. The van der Waals surface area contributed by atoms with E-state index in [-0.39, 0.29) is 22.9 Å². The van der Waals surface area contributed by atoms with E-state index >= 15 is 0 Å². The smallest absolute Gasteiger partial charge is 0.343 e. The molecule has 0 unspecified atom stereocenters. The summed E-state index contributed by atoms with van der Waals surface area (Å²) in [6.07, 6.45) is 3.37. The number of carbonyl (C=O) groups excluding carboxylic acids is 3. The lowest BCUT2D eigenvalue weighted by molar-refractivity contribution is -0.120. The molecule has 2 amide bonds. The third-order valence-electron chi connectivity index (χ3n) is 5.24. The lowest BCUT2D eigenvalue weighted by atomic mass is 10.2. The number of hydrazone groups is 1. The number of unbranched alkanes of at least 4 members (excludes halogenated alkanes) is 1. The molecule has 0 aliphatic rings. The first kappa shape index (κ1) is 29.5. The van der Waals surface area contributed by atoms with Gasteiger partial charge in [0.05, 0.1) is 42.1 Å². The van der Waals surface area contributed by atoms with E-state index in [9.17, 15) is 14.4 Å². The van der Waals surface area contributed by atoms with E-state index in [4.69, 9.17) is 37.4 Å². The summed E-state index contributed by atoms with van der Waals surface area (Å²) in [7, 11) is 1.44. The number of carbonyl (C=O) groups is 3. The normalized spacial score (nSPS) is 10.7. The van der Waals surface area contributed by atoms with Crippen molar-refractivity contribution in [3.8, 4) is 17.2 Å². The van der Waals surface area contributed by atoms with Crippen LogP contribution in [-0.2, 0) is 4.79 Å². The molecular weight excluding hydrogens is 545 g/mol. The third-order valence-corrected chi connectivity index (χ3v) is 5.98. The van der Waals surface area contributed by atoms with Gasteiger partial charge in [-0.2, -0.15) is 5.10 Å². The summed E-state index contributed by atoms with van der Waals surface area (Å²) in [4.78, 5) is 36.8. The van der Waals surface area contributed by atoms with Gasteiger partial charge in [-0.3, -0.25) is 9.59 Å². The molecule has 0 fully saturated rings. The highest BCUT2D eigenvalue weighted by Crippen LogP contribution is 2.28. The highest BCUT2D eigenvalue weighted by molar-refractivity contribution is 6.42. The number of hydrogen-bond acceptors (Lipinski definition) is 7. The zero-order valence-electron chi connectivity index (χ0n) is 21.3. The van der Waals surface area contributed by atoms with E-state index in [2.05, 4.69) is 22.8 Å². The van der Waals surface area contributed by atoms with E-state index in [1.165, 1.54) is 31.5 Å². The Morgan fingerprint density at radius 1 is 0.923 bits per heavy atom. The van der Waals surface area contributed by atoms with Crippen molar-refractivity contribution in [3.05, 3.63) is 87.4 Å². The first-order valence-electron chi connectivity index (χ1n) is 12.0. The number of esters is 1. The number of hydrogen-bond donors (Lipinski definition) is 2. The van der Waals surface area contributed by atoms with Gasteiger partial charge in [-0.15, -0.1) is 0 Å². The minimum Gasteiger partial charge on any atom is -0.494 e. The summed E-state index contributed by atoms with van der Waals surface area (Å²) in [5, 5.41) is 6.89. The van der Waals surface area contributed by atoms with Gasteiger partial charge >= 0.3 is 5.97 Å². The van der Waals surface area contributed by atoms with Crippen molar-refractivity contribution < 1.29 is 28.6 Å². The van der Waals surface area contributed by atoms with Crippen LogP contribution >= 0.6 is 23.2 Å². The van der Waals surface area contributed by atoms with Crippen molar-refractivity contribution in [1.29, 1.82) is 0 Å². The third kappa shape index (κ3) is 9.01. The van der Waals surface area contributed by atoms with Crippen molar-refractivity contribution >= 4 is 47.2 Å². The maximum Gasteiger partial charge on any atom is 0.343 e.